The normalized spacial score (nSPS) is 15.8. The van der Waals surface area contributed by atoms with Crippen LogP contribution in [0.2, 0.25) is 5.02 Å². The summed E-state index contributed by atoms with van der Waals surface area (Å²) in [6.07, 6.45) is 5.57. The highest BCUT2D eigenvalue weighted by Crippen LogP contribution is 2.42. The van der Waals surface area contributed by atoms with Gasteiger partial charge in [-0.15, -0.1) is 11.8 Å². The summed E-state index contributed by atoms with van der Waals surface area (Å²) < 4.78 is 16.5. The zero-order valence-electron chi connectivity index (χ0n) is 14.6. The molecule has 0 unspecified atom stereocenters. The number of hydrogen-bond acceptors (Lipinski definition) is 5. The molecule has 0 N–H and O–H groups in total. The van der Waals surface area contributed by atoms with E-state index in [0.717, 1.165) is 31.7 Å². The Kier molecular flexibility index (Phi) is 4.75. The topological polar surface area (TPSA) is 46.3 Å². The second-order valence-electron chi connectivity index (χ2n) is 6.56. The quantitative estimate of drug-likeness (QED) is 0.484. The van der Waals surface area contributed by atoms with Crippen LogP contribution in [-0.4, -0.2) is 38.9 Å². The summed E-state index contributed by atoms with van der Waals surface area (Å²) in [6, 6.07) is 4.75. The van der Waals surface area contributed by atoms with Crippen LogP contribution in [0.5, 0.6) is 0 Å². The van der Waals surface area contributed by atoms with Gasteiger partial charge in [-0.05, 0) is 37.1 Å². The van der Waals surface area contributed by atoms with E-state index in [1.807, 2.05) is 6.26 Å². The molecule has 3 aromatic rings. The predicted molar refractivity (Wildman–Crippen MR) is 104 cm³/mol. The van der Waals surface area contributed by atoms with Gasteiger partial charge in [0, 0.05) is 18.7 Å². The minimum Gasteiger partial charge on any atom is -0.356 e. The lowest BCUT2D eigenvalue weighted by molar-refractivity contribution is 0.435. The largest absolute Gasteiger partial charge is 0.356 e. The van der Waals surface area contributed by atoms with Gasteiger partial charge in [0.05, 0.1) is 10.6 Å². The molecule has 2 aromatic heterocycles. The Morgan fingerprint density at radius 2 is 2.00 bits per heavy atom. The van der Waals surface area contributed by atoms with E-state index in [2.05, 4.69) is 26.9 Å². The zero-order chi connectivity index (χ0) is 18.3. The second-order valence-corrected chi connectivity index (χ2v) is 7.76. The van der Waals surface area contributed by atoms with E-state index in [1.54, 1.807) is 16.6 Å². The molecule has 3 heterocycles. The number of hydrogen-bond donors (Lipinski definition) is 0. The monoisotopic (exact) mass is 391 g/mol. The molecule has 0 bridgehead atoms. The maximum Gasteiger partial charge on any atom is 0.255 e. The Bertz CT molecular complexity index is 932. The van der Waals surface area contributed by atoms with Gasteiger partial charge in [-0.2, -0.15) is 14.6 Å². The van der Waals surface area contributed by atoms with Crippen LogP contribution in [0.1, 0.15) is 19.8 Å². The minimum absolute atomic E-state index is 0.360. The van der Waals surface area contributed by atoms with Crippen molar-refractivity contribution in [2.75, 3.05) is 24.2 Å². The summed E-state index contributed by atoms with van der Waals surface area (Å²) in [5.41, 5.74) is 1.06. The third-order valence-corrected chi connectivity index (χ3v) is 5.86. The summed E-state index contributed by atoms with van der Waals surface area (Å²) in [5.74, 6) is 1.65. The fourth-order valence-electron chi connectivity index (χ4n) is 3.42. The fourth-order valence-corrected chi connectivity index (χ4v) is 4.25. The van der Waals surface area contributed by atoms with E-state index >= 15 is 0 Å². The van der Waals surface area contributed by atoms with Crippen LogP contribution in [0, 0.1) is 11.7 Å². The van der Waals surface area contributed by atoms with Crippen molar-refractivity contribution in [2.24, 2.45) is 5.92 Å². The van der Waals surface area contributed by atoms with Gasteiger partial charge < -0.3 is 4.90 Å². The predicted octanol–water partition coefficient (Wildman–Crippen LogP) is 4.54. The van der Waals surface area contributed by atoms with Crippen LogP contribution >= 0.6 is 23.4 Å². The van der Waals surface area contributed by atoms with Gasteiger partial charge in [-0.1, -0.05) is 24.6 Å². The number of nitrogens with zero attached hydrogens (tertiary/aromatic N) is 5. The van der Waals surface area contributed by atoms with Crippen LogP contribution in [0.3, 0.4) is 0 Å². The summed E-state index contributed by atoms with van der Waals surface area (Å²) in [4.78, 5) is 11.1. The molecule has 4 rings (SSSR count). The van der Waals surface area contributed by atoms with Gasteiger partial charge in [0.25, 0.3) is 5.78 Å². The summed E-state index contributed by atoms with van der Waals surface area (Å²) in [5, 5.41) is 5.43. The molecule has 8 heteroatoms. The standard InChI is InChI=1S/C18H19ClFN5S/c1-11-6-8-24(9-7-11)17-15(14-12(19)4-3-5-13(14)20)16(26-2)23-18-21-10-22-25(17)18/h3-5,10-11H,6-9H2,1-2H3. The Balaban J connectivity index is 2.03. The molecular weight excluding hydrogens is 373 g/mol. The average molecular weight is 392 g/mol. The first-order chi connectivity index (χ1) is 12.6. The number of benzene rings is 1. The van der Waals surface area contributed by atoms with E-state index < -0.39 is 0 Å². The van der Waals surface area contributed by atoms with Crippen LogP contribution in [0.4, 0.5) is 10.2 Å². The van der Waals surface area contributed by atoms with Crippen molar-refractivity contribution in [3.8, 4) is 11.1 Å². The van der Waals surface area contributed by atoms with Gasteiger partial charge in [0.1, 0.15) is 23.0 Å². The van der Waals surface area contributed by atoms with Crippen molar-refractivity contribution in [1.82, 2.24) is 19.6 Å². The molecule has 1 aromatic carbocycles. The number of aromatic nitrogens is 4. The molecular formula is C18H19ClFN5S. The first-order valence-corrected chi connectivity index (χ1v) is 10.2. The van der Waals surface area contributed by atoms with Crippen molar-refractivity contribution in [3.63, 3.8) is 0 Å². The first kappa shape index (κ1) is 17.5. The molecule has 26 heavy (non-hydrogen) atoms. The first-order valence-electron chi connectivity index (χ1n) is 8.57. The van der Waals surface area contributed by atoms with Gasteiger partial charge in [0.15, 0.2) is 0 Å². The molecule has 1 saturated heterocycles. The molecule has 0 amide bonds. The van der Waals surface area contributed by atoms with Gasteiger partial charge in [0.2, 0.25) is 0 Å². The van der Waals surface area contributed by atoms with Gasteiger partial charge in [-0.25, -0.2) is 9.37 Å². The van der Waals surface area contributed by atoms with Crippen molar-refractivity contribution < 1.29 is 4.39 Å². The number of rotatable bonds is 3. The lowest BCUT2D eigenvalue weighted by Crippen LogP contribution is -2.35. The van der Waals surface area contributed by atoms with Crippen molar-refractivity contribution >= 4 is 35.0 Å². The second kappa shape index (κ2) is 7.04. The molecule has 0 radical (unpaired) electrons. The molecule has 1 fully saturated rings. The third-order valence-electron chi connectivity index (χ3n) is 4.86. The Hall–Kier alpha value is -1.86. The van der Waals surface area contributed by atoms with Crippen molar-refractivity contribution in [2.45, 2.75) is 24.8 Å². The van der Waals surface area contributed by atoms with Crippen LogP contribution < -0.4 is 4.90 Å². The maximum absolute atomic E-state index is 14.8. The zero-order valence-corrected chi connectivity index (χ0v) is 16.2. The Morgan fingerprint density at radius 3 is 2.69 bits per heavy atom. The van der Waals surface area contributed by atoms with Crippen LogP contribution in [0.15, 0.2) is 29.6 Å². The van der Waals surface area contributed by atoms with E-state index in [9.17, 15) is 4.39 Å². The lowest BCUT2D eigenvalue weighted by atomic mass is 9.98. The van der Waals surface area contributed by atoms with E-state index in [1.165, 1.54) is 24.2 Å². The van der Waals surface area contributed by atoms with Crippen LogP contribution in [-0.2, 0) is 0 Å². The molecule has 0 atom stereocenters. The summed E-state index contributed by atoms with van der Waals surface area (Å²) >= 11 is 7.87. The van der Waals surface area contributed by atoms with E-state index in [0.29, 0.717) is 32.9 Å². The minimum atomic E-state index is -0.360. The van der Waals surface area contributed by atoms with Crippen molar-refractivity contribution in [1.29, 1.82) is 0 Å². The SMILES string of the molecule is CSc1nc2ncnn2c(N2CCC(C)CC2)c1-c1c(F)cccc1Cl. The number of thioether (sulfide) groups is 1. The number of piperidine rings is 1. The lowest BCUT2D eigenvalue weighted by Gasteiger charge is -2.33. The smallest absolute Gasteiger partial charge is 0.255 e. The number of halogens is 2. The van der Waals surface area contributed by atoms with Crippen LogP contribution in [0.25, 0.3) is 16.9 Å². The maximum atomic E-state index is 14.8. The fraction of sp³-hybridized carbons (Fsp3) is 0.389. The molecule has 0 aliphatic carbocycles. The molecule has 136 valence electrons. The number of anilines is 1. The van der Waals surface area contributed by atoms with Crippen molar-refractivity contribution in [3.05, 3.63) is 35.4 Å². The van der Waals surface area contributed by atoms with Gasteiger partial charge in [-0.3, -0.25) is 0 Å². The highest BCUT2D eigenvalue weighted by Gasteiger charge is 2.28. The summed E-state index contributed by atoms with van der Waals surface area (Å²) in [7, 11) is 0. The van der Waals surface area contributed by atoms with E-state index in [-0.39, 0.29) is 5.82 Å². The average Bonchev–Trinajstić information content (AvgIpc) is 3.10. The highest BCUT2D eigenvalue weighted by molar-refractivity contribution is 7.98. The molecule has 1 aliphatic heterocycles. The number of fused-ring (bicyclic) bond motifs is 1. The molecule has 0 spiro atoms. The van der Waals surface area contributed by atoms with Gasteiger partial charge >= 0.3 is 0 Å². The third kappa shape index (κ3) is 2.93. The highest BCUT2D eigenvalue weighted by atomic mass is 35.5. The summed E-state index contributed by atoms with van der Waals surface area (Å²) in [6.45, 7) is 4.02. The van der Waals surface area contributed by atoms with E-state index in [4.69, 9.17) is 11.6 Å². The molecule has 5 nitrogen and oxygen atoms in total. The Labute approximate surface area is 160 Å². The molecule has 0 saturated carbocycles. The molecule has 1 aliphatic rings. The Morgan fingerprint density at radius 1 is 1.23 bits per heavy atom.